The van der Waals surface area contributed by atoms with E-state index in [0.717, 1.165) is 47.0 Å². The number of nitrogens with one attached hydrogen (secondary N) is 1. The second-order valence-electron chi connectivity index (χ2n) is 9.97. The summed E-state index contributed by atoms with van der Waals surface area (Å²) in [6, 6.07) is 11.8. The van der Waals surface area contributed by atoms with Gasteiger partial charge in [0.1, 0.15) is 17.3 Å². The van der Waals surface area contributed by atoms with Crippen molar-refractivity contribution in [2.45, 2.75) is 25.8 Å². The summed E-state index contributed by atoms with van der Waals surface area (Å²) in [5, 5.41) is 9.07. The number of benzene rings is 1. The molecule has 1 saturated heterocycles. The van der Waals surface area contributed by atoms with Crippen LogP contribution in [0.2, 0.25) is 0 Å². The van der Waals surface area contributed by atoms with Gasteiger partial charge in [-0.05, 0) is 49.9 Å². The Balaban J connectivity index is 1.69. The standard InChI is InChI=1S/C27H28FN7O3S/c1-16-25(34(2)33-31-16)18-14-22-24(29-15-18)20-8-9-23(32-39(3,36)37)30-27(20)35(22)26(17-10-12-38-13-11-17)19-6-4-5-7-21(19)28/h4-9,14-15,17,26H,10-13H2,1-3H3,(H,30,32)/t26-/m0/s1. The quantitative estimate of drug-likeness (QED) is 0.337. The van der Waals surface area contributed by atoms with Crippen LogP contribution in [0.4, 0.5) is 10.2 Å². The number of nitrogens with zero attached hydrogens (tertiary/aromatic N) is 6. The Hall–Kier alpha value is -3.90. The van der Waals surface area contributed by atoms with Gasteiger partial charge in [-0.15, -0.1) is 5.10 Å². The molecule has 5 heterocycles. The lowest BCUT2D eigenvalue weighted by Gasteiger charge is -2.33. The summed E-state index contributed by atoms with van der Waals surface area (Å²) in [4.78, 5) is 9.57. The average Bonchev–Trinajstić information content (AvgIpc) is 3.40. The van der Waals surface area contributed by atoms with E-state index in [9.17, 15) is 8.42 Å². The Labute approximate surface area is 224 Å². The van der Waals surface area contributed by atoms with E-state index in [0.29, 0.717) is 29.9 Å². The highest BCUT2D eigenvalue weighted by atomic mass is 32.2. The molecule has 10 nitrogen and oxygen atoms in total. The molecule has 12 heteroatoms. The summed E-state index contributed by atoms with van der Waals surface area (Å²) in [5.74, 6) is -0.0862. The molecule has 1 atom stereocenters. The molecule has 39 heavy (non-hydrogen) atoms. The highest BCUT2D eigenvalue weighted by Crippen LogP contribution is 2.41. The number of ether oxygens (including phenoxy) is 1. The molecule has 4 aromatic heterocycles. The van der Waals surface area contributed by atoms with Crippen LogP contribution in [0.1, 0.15) is 30.1 Å². The maximum atomic E-state index is 15.5. The Bertz CT molecular complexity index is 1790. The summed E-state index contributed by atoms with van der Waals surface area (Å²) in [5.41, 5.74) is 4.89. The van der Waals surface area contributed by atoms with E-state index in [1.54, 1.807) is 35.1 Å². The van der Waals surface area contributed by atoms with Crippen LogP contribution in [0.25, 0.3) is 33.3 Å². The van der Waals surface area contributed by atoms with Gasteiger partial charge in [-0.25, -0.2) is 22.5 Å². The molecule has 0 bridgehead atoms. The smallest absolute Gasteiger partial charge is 0.230 e. The number of hydrogen-bond acceptors (Lipinski definition) is 7. The van der Waals surface area contributed by atoms with E-state index in [4.69, 9.17) is 14.7 Å². The first-order valence-electron chi connectivity index (χ1n) is 12.7. The van der Waals surface area contributed by atoms with Gasteiger partial charge in [-0.1, -0.05) is 23.4 Å². The maximum Gasteiger partial charge on any atom is 0.230 e. The van der Waals surface area contributed by atoms with Gasteiger partial charge in [0.15, 0.2) is 0 Å². The number of halogens is 1. The summed E-state index contributed by atoms with van der Waals surface area (Å²) in [6.45, 7) is 3.03. The summed E-state index contributed by atoms with van der Waals surface area (Å²) >= 11 is 0. The first-order chi connectivity index (χ1) is 18.7. The van der Waals surface area contributed by atoms with Gasteiger partial charge < -0.3 is 9.30 Å². The molecule has 0 unspecified atom stereocenters. The van der Waals surface area contributed by atoms with Crippen molar-refractivity contribution in [3.05, 3.63) is 65.7 Å². The molecule has 1 fully saturated rings. The second kappa shape index (κ2) is 9.69. The highest BCUT2D eigenvalue weighted by molar-refractivity contribution is 7.92. The lowest BCUT2D eigenvalue weighted by Crippen LogP contribution is -2.27. The van der Waals surface area contributed by atoms with Crippen LogP contribution in [0, 0.1) is 18.7 Å². The molecule has 1 aromatic carbocycles. The summed E-state index contributed by atoms with van der Waals surface area (Å²) in [7, 11) is -1.74. The zero-order valence-electron chi connectivity index (χ0n) is 21.8. The molecule has 0 aliphatic carbocycles. The van der Waals surface area contributed by atoms with Crippen LogP contribution in [0.15, 0.2) is 48.7 Å². The molecule has 5 aromatic rings. The topological polar surface area (TPSA) is 117 Å². The lowest BCUT2D eigenvalue weighted by atomic mass is 9.86. The van der Waals surface area contributed by atoms with Gasteiger partial charge in [0.25, 0.3) is 0 Å². The number of anilines is 1. The molecule has 1 aliphatic heterocycles. The molecule has 0 radical (unpaired) electrons. The van der Waals surface area contributed by atoms with E-state index in [2.05, 4.69) is 15.0 Å². The number of hydrogen-bond donors (Lipinski definition) is 1. The minimum atomic E-state index is -3.56. The van der Waals surface area contributed by atoms with E-state index >= 15 is 4.39 Å². The third kappa shape index (κ3) is 4.63. The van der Waals surface area contributed by atoms with Gasteiger partial charge in [-0.2, -0.15) is 0 Å². The van der Waals surface area contributed by atoms with Gasteiger partial charge in [-0.3, -0.25) is 9.71 Å². The first kappa shape index (κ1) is 25.4. The number of aromatic nitrogens is 6. The Morgan fingerprint density at radius 3 is 2.62 bits per heavy atom. The summed E-state index contributed by atoms with van der Waals surface area (Å²) in [6.07, 6.45) is 4.32. The zero-order chi connectivity index (χ0) is 27.3. The van der Waals surface area contributed by atoms with Crippen molar-refractivity contribution >= 4 is 37.9 Å². The van der Waals surface area contributed by atoms with Crippen LogP contribution in [0.5, 0.6) is 0 Å². The van der Waals surface area contributed by atoms with E-state index in [1.807, 2.05) is 30.7 Å². The van der Waals surface area contributed by atoms with Crippen molar-refractivity contribution < 1.29 is 17.5 Å². The van der Waals surface area contributed by atoms with E-state index in [1.165, 1.54) is 6.07 Å². The molecule has 1 aliphatic rings. The van der Waals surface area contributed by atoms with Crippen molar-refractivity contribution in [2.75, 3.05) is 24.2 Å². The zero-order valence-corrected chi connectivity index (χ0v) is 22.6. The maximum absolute atomic E-state index is 15.5. The highest BCUT2D eigenvalue weighted by Gasteiger charge is 2.32. The van der Waals surface area contributed by atoms with Crippen molar-refractivity contribution in [3.8, 4) is 11.3 Å². The van der Waals surface area contributed by atoms with Gasteiger partial charge in [0.2, 0.25) is 10.0 Å². The van der Waals surface area contributed by atoms with Crippen molar-refractivity contribution in [3.63, 3.8) is 0 Å². The van der Waals surface area contributed by atoms with Gasteiger partial charge in [0.05, 0.1) is 34.7 Å². The SMILES string of the molecule is Cc1nnn(C)c1-c1cnc2c3ccc(NS(C)(=O)=O)nc3n([C@H](c3ccccc3F)C3CCOCC3)c2c1. The largest absolute Gasteiger partial charge is 0.381 e. The molecule has 1 N–H and O–H groups in total. The fourth-order valence-electron chi connectivity index (χ4n) is 5.64. The average molecular weight is 550 g/mol. The van der Waals surface area contributed by atoms with Crippen molar-refractivity contribution in [1.29, 1.82) is 0 Å². The molecule has 0 saturated carbocycles. The summed E-state index contributed by atoms with van der Waals surface area (Å²) < 4.78 is 51.4. The normalized spacial score (nSPS) is 15.7. The second-order valence-corrected chi connectivity index (χ2v) is 11.7. The molecule has 0 amide bonds. The predicted octanol–water partition coefficient (Wildman–Crippen LogP) is 4.22. The Kier molecular flexibility index (Phi) is 6.31. The number of pyridine rings is 2. The number of rotatable bonds is 6. The minimum absolute atomic E-state index is 0.0477. The van der Waals surface area contributed by atoms with Crippen LogP contribution in [-0.2, 0) is 21.8 Å². The van der Waals surface area contributed by atoms with Gasteiger partial charge in [0, 0.05) is 43.0 Å². The number of sulfonamides is 1. The molecular weight excluding hydrogens is 521 g/mol. The fourth-order valence-corrected chi connectivity index (χ4v) is 6.13. The van der Waals surface area contributed by atoms with E-state index < -0.39 is 16.1 Å². The Morgan fingerprint density at radius 2 is 1.92 bits per heavy atom. The fraction of sp³-hybridized carbons (Fsp3) is 0.333. The molecular formula is C27H28FN7O3S. The van der Waals surface area contributed by atoms with E-state index in [-0.39, 0.29) is 17.6 Å². The lowest BCUT2D eigenvalue weighted by molar-refractivity contribution is 0.0548. The van der Waals surface area contributed by atoms with Crippen LogP contribution >= 0.6 is 0 Å². The molecule has 202 valence electrons. The number of aryl methyl sites for hydroxylation is 2. The van der Waals surface area contributed by atoms with Crippen molar-refractivity contribution in [1.82, 2.24) is 29.5 Å². The first-order valence-corrected chi connectivity index (χ1v) is 14.6. The molecule has 6 rings (SSSR count). The predicted molar refractivity (Wildman–Crippen MR) is 146 cm³/mol. The van der Waals surface area contributed by atoms with Crippen LogP contribution in [0.3, 0.4) is 0 Å². The minimum Gasteiger partial charge on any atom is -0.381 e. The molecule has 0 spiro atoms. The van der Waals surface area contributed by atoms with Crippen molar-refractivity contribution in [2.24, 2.45) is 13.0 Å². The monoisotopic (exact) mass is 549 g/mol. The van der Waals surface area contributed by atoms with Crippen LogP contribution < -0.4 is 4.72 Å². The van der Waals surface area contributed by atoms with Gasteiger partial charge >= 0.3 is 0 Å². The third-order valence-electron chi connectivity index (χ3n) is 7.26. The van der Waals surface area contributed by atoms with Crippen LogP contribution in [-0.4, -0.2) is 57.4 Å². The third-order valence-corrected chi connectivity index (χ3v) is 7.84. The Morgan fingerprint density at radius 1 is 1.15 bits per heavy atom. The number of fused-ring (bicyclic) bond motifs is 3.